The molecule has 9 heteroatoms. The number of anilines is 1. The van der Waals surface area contributed by atoms with E-state index in [1.165, 1.54) is 0 Å². The summed E-state index contributed by atoms with van der Waals surface area (Å²) in [6.07, 6.45) is 0. The average Bonchev–Trinajstić information content (AvgIpc) is 2.78. The van der Waals surface area contributed by atoms with E-state index in [1.807, 2.05) is 25.1 Å². The molecule has 0 radical (unpaired) electrons. The molecular formula is C22H32N6O3. The number of rotatable bonds is 10. The van der Waals surface area contributed by atoms with Gasteiger partial charge in [0.15, 0.2) is 0 Å². The van der Waals surface area contributed by atoms with Crippen molar-refractivity contribution < 1.29 is 14.6 Å². The maximum absolute atomic E-state index is 10.4. The molecule has 2 N–H and O–H groups in total. The minimum Gasteiger partial charge on any atom is -0.508 e. The van der Waals surface area contributed by atoms with Crippen LogP contribution in [0.15, 0.2) is 29.4 Å². The minimum atomic E-state index is -0.737. The Kier molecular flexibility index (Phi) is 8.13. The van der Waals surface area contributed by atoms with E-state index in [2.05, 4.69) is 38.7 Å². The van der Waals surface area contributed by atoms with Gasteiger partial charge in [0.1, 0.15) is 24.2 Å². The molecule has 1 unspecified atom stereocenters. The van der Waals surface area contributed by atoms with Crippen LogP contribution in [0.1, 0.15) is 36.7 Å². The molecule has 0 saturated carbocycles. The monoisotopic (exact) mass is 428 g/mol. The first-order valence-electron chi connectivity index (χ1n) is 10.8. The Hall–Kier alpha value is -2.78. The van der Waals surface area contributed by atoms with Crippen LogP contribution < -0.4 is 9.64 Å². The Bertz CT molecular complexity index is 868. The molecule has 1 aromatic heterocycles. The van der Waals surface area contributed by atoms with E-state index >= 15 is 0 Å². The van der Waals surface area contributed by atoms with Crippen LogP contribution >= 0.6 is 0 Å². The first-order valence-corrected chi connectivity index (χ1v) is 10.8. The van der Waals surface area contributed by atoms with Gasteiger partial charge in [-0.2, -0.15) is 15.1 Å². The maximum atomic E-state index is 10.4. The van der Waals surface area contributed by atoms with Gasteiger partial charge < -0.3 is 19.5 Å². The molecule has 2 heterocycles. The molecule has 0 bridgehead atoms. The summed E-state index contributed by atoms with van der Waals surface area (Å²) in [7, 11) is 0. The van der Waals surface area contributed by atoms with Crippen LogP contribution in [0.3, 0.4) is 0 Å². The minimum absolute atomic E-state index is 0.0874. The lowest BCUT2D eigenvalue weighted by Crippen LogP contribution is -2.38. The zero-order chi connectivity index (χ0) is 22.2. The molecule has 1 saturated heterocycles. The summed E-state index contributed by atoms with van der Waals surface area (Å²) >= 11 is 0. The van der Waals surface area contributed by atoms with Crippen molar-refractivity contribution in [2.24, 2.45) is 5.11 Å². The standard InChI is InChI=1S/C22H32N6O3/c1-4-28(5-2)20-15-18(21(26-23)17-14-16(3)6-7-19(17)29)24-22(25-20)31-13-10-27-8-11-30-12-9-27/h6-7,14-15,21,23,29H,4-5,8-13H2,1-3H3. The van der Waals surface area contributed by atoms with Gasteiger partial charge in [0.05, 0.1) is 18.9 Å². The second kappa shape index (κ2) is 11.0. The summed E-state index contributed by atoms with van der Waals surface area (Å²) in [5, 5.41) is 14.2. The molecule has 168 valence electrons. The smallest absolute Gasteiger partial charge is 0.318 e. The van der Waals surface area contributed by atoms with Gasteiger partial charge >= 0.3 is 6.01 Å². The van der Waals surface area contributed by atoms with Crippen molar-refractivity contribution in [3.8, 4) is 11.8 Å². The van der Waals surface area contributed by atoms with Crippen LogP contribution in [-0.4, -0.2) is 72.5 Å². The second-order valence-corrected chi connectivity index (χ2v) is 7.50. The summed E-state index contributed by atoms with van der Waals surface area (Å²) in [5.41, 5.74) is 9.83. The number of hydrogen-bond donors (Lipinski definition) is 2. The number of hydrogen-bond acceptors (Lipinski definition) is 9. The topological polar surface area (TPSA) is 107 Å². The molecule has 1 atom stereocenters. The Labute approximate surface area is 183 Å². The average molecular weight is 429 g/mol. The van der Waals surface area contributed by atoms with Crippen molar-refractivity contribution in [1.82, 2.24) is 14.9 Å². The van der Waals surface area contributed by atoms with E-state index in [-0.39, 0.29) is 11.8 Å². The van der Waals surface area contributed by atoms with E-state index in [4.69, 9.17) is 15.0 Å². The number of phenols is 1. The number of nitrogens with one attached hydrogen (secondary N) is 1. The Morgan fingerprint density at radius 1 is 1.23 bits per heavy atom. The highest BCUT2D eigenvalue weighted by Crippen LogP contribution is 2.34. The second-order valence-electron chi connectivity index (χ2n) is 7.50. The normalized spacial score (nSPS) is 15.5. The predicted molar refractivity (Wildman–Crippen MR) is 118 cm³/mol. The number of benzene rings is 1. The lowest BCUT2D eigenvalue weighted by atomic mass is 10.0. The van der Waals surface area contributed by atoms with Gasteiger partial charge in [-0.3, -0.25) is 4.90 Å². The number of ether oxygens (including phenoxy) is 2. The molecule has 2 aromatic rings. The number of nitrogens with zero attached hydrogens (tertiary/aromatic N) is 5. The Balaban J connectivity index is 1.88. The Morgan fingerprint density at radius 3 is 2.65 bits per heavy atom. The van der Waals surface area contributed by atoms with Gasteiger partial charge in [0.25, 0.3) is 0 Å². The quantitative estimate of drug-likeness (QED) is 0.560. The third-order valence-electron chi connectivity index (χ3n) is 5.43. The van der Waals surface area contributed by atoms with Gasteiger partial charge in [-0.05, 0) is 32.9 Å². The van der Waals surface area contributed by atoms with Crippen molar-refractivity contribution in [1.29, 1.82) is 5.53 Å². The van der Waals surface area contributed by atoms with Crippen LogP contribution in [-0.2, 0) is 4.74 Å². The summed E-state index contributed by atoms with van der Waals surface area (Å²) in [6, 6.07) is 6.62. The van der Waals surface area contributed by atoms with E-state index in [9.17, 15) is 5.11 Å². The molecule has 1 aliphatic heterocycles. The van der Waals surface area contributed by atoms with Gasteiger partial charge in [0.2, 0.25) is 0 Å². The van der Waals surface area contributed by atoms with Crippen molar-refractivity contribution >= 4 is 5.82 Å². The van der Waals surface area contributed by atoms with Crippen LogP contribution in [0.25, 0.3) is 0 Å². The van der Waals surface area contributed by atoms with Crippen molar-refractivity contribution in [2.45, 2.75) is 26.8 Å². The van der Waals surface area contributed by atoms with Gasteiger partial charge in [-0.25, -0.2) is 5.53 Å². The van der Waals surface area contributed by atoms with Crippen molar-refractivity contribution in [3.05, 3.63) is 41.1 Å². The van der Waals surface area contributed by atoms with Crippen LogP contribution in [0.2, 0.25) is 0 Å². The summed E-state index contributed by atoms with van der Waals surface area (Å²) in [6.45, 7) is 12.1. The van der Waals surface area contributed by atoms with Crippen molar-refractivity contribution in [2.75, 3.05) is 57.4 Å². The van der Waals surface area contributed by atoms with E-state index in [0.717, 1.165) is 57.3 Å². The van der Waals surface area contributed by atoms with Crippen LogP contribution in [0, 0.1) is 12.5 Å². The number of morpholine rings is 1. The third kappa shape index (κ3) is 5.89. The maximum Gasteiger partial charge on any atom is 0.318 e. The summed E-state index contributed by atoms with van der Waals surface area (Å²) < 4.78 is 11.3. The number of aryl methyl sites for hydroxylation is 1. The van der Waals surface area contributed by atoms with Gasteiger partial charge in [0, 0.05) is 44.4 Å². The molecule has 1 aromatic carbocycles. The highest BCUT2D eigenvalue weighted by atomic mass is 16.5. The predicted octanol–water partition coefficient (Wildman–Crippen LogP) is 3.17. The summed E-state index contributed by atoms with van der Waals surface area (Å²) in [5.74, 6) is 0.807. The molecule has 9 nitrogen and oxygen atoms in total. The molecule has 1 fully saturated rings. The highest BCUT2D eigenvalue weighted by molar-refractivity contribution is 5.46. The first-order chi connectivity index (χ1) is 15.0. The van der Waals surface area contributed by atoms with Crippen molar-refractivity contribution in [3.63, 3.8) is 0 Å². The first kappa shape index (κ1) is 22.9. The fraction of sp³-hybridized carbons (Fsp3) is 0.545. The zero-order valence-corrected chi connectivity index (χ0v) is 18.5. The lowest BCUT2D eigenvalue weighted by Gasteiger charge is -2.26. The summed E-state index contributed by atoms with van der Waals surface area (Å²) in [4.78, 5) is 13.5. The van der Waals surface area contributed by atoms with E-state index in [0.29, 0.717) is 17.9 Å². The SMILES string of the molecule is CCN(CC)c1cc(C(N=N)c2cc(C)ccc2O)nc(OCCN2CCOCC2)n1. The third-order valence-corrected chi connectivity index (χ3v) is 5.43. The lowest BCUT2D eigenvalue weighted by molar-refractivity contribution is 0.0317. The molecule has 31 heavy (non-hydrogen) atoms. The van der Waals surface area contributed by atoms with Gasteiger partial charge in [-0.1, -0.05) is 11.6 Å². The van der Waals surface area contributed by atoms with Crippen LogP contribution in [0.5, 0.6) is 11.8 Å². The molecular weight excluding hydrogens is 396 g/mol. The number of phenolic OH excluding ortho intramolecular Hbond substituents is 1. The van der Waals surface area contributed by atoms with Gasteiger partial charge in [-0.15, -0.1) is 0 Å². The molecule has 3 rings (SSSR count). The molecule has 0 spiro atoms. The number of aromatic hydroxyl groups is 1. The number of aromatic nitrogens is 2. The molecule has 0 aliphatic carbocycles. The fourth-order valence-corrected chi connectivity index (χ4v) is 3.62. The molecule has 0 amide bonds. The highest BCUT2D eigenvalue weighted by Gasteiger charge is 2.22. The molecule has 1 aliphatic rings. The fourth-order valence-electron chi connectivity index (χ4n) is 3.62. The van der Waals surface area contributed by atoms with Crippen LogP contribution in [0.4, 0.5) is 5.82 Å². The largest absolute Gasteiger partial charge is 0.508 e. The van der Waals surface area contributed by atoms with E-state index in [1.54, 1.807) is 6.07 Å². The Morgan fingerprint density at radius 2 is 1.97 bits per heavy atom. The van der Waals surface area contributed by atoms with E-state index < -0.39 is 6.04 Å². The zero-order valence-electron chi connectivity index (χ0n) is 18.5.